The zero-order valence-corrected chi connectivity index (χ0v) is 9.42. The van der Waals surface area contributed by atoms with E-state index < -0.39 is 11.7 Å². The minimum Gasteiger partial charge on any atom is -0.273 e. The van der Waals surface area contributed by atoms with Gasteiger partial charge in [0.15, 0.2) is 0 Å². The Morgan fingerprint density at radius 1 is 1.29 bits per heavy atom. The van der Waals surface area contributed by atoms with Gasteiger partial charge in [-0.1, -0.05) is 6.07 Å². The van der Waals surface area contributed by atoms with Crippen LogP contribution in [0.4, 0.5) is 4.39 Å². The van der Waals surface area contributed by atoms with Gasteiger partial charge in [0.05, 0.1) is 0 Å². The second-order valence-electron chi connectivity index (χ2n) is 4.18. The maximum Gasteiger partial charge on any atom is 0.270 e. The molecule has 2 N–H and O–H groups in total. The monoisotopic (exact) mass is 236 g/mol. The average Bonchev–Trinajstić information content (AvgIpc) is 3.12. The summed E-state index contributed by atoms with van der Waals surface area (Å²) in [6.45, 7) is 1.71. The predicted molar refractivity (Wildman–Crippen MR) is 59.5 cm³/mol. The molecule has 0 atom stereocenters. The zero-order valence-electron chi connectivity index (χ0n) is 9.42. The highest BCUT2D eigenvalue weighted by atomic mass is 19.1. The van der Waals surface area contributed by atoms with Crippen LogP contribution in [-0.4, -0.2) is 11.8 Å². The first-order chi connectivity index (χ1) is 8.08. The van der Waals surface area contributed by atoms with Gasteiger partial charge < -0.3 is 0 Å². The summed E-state index contributed by atoms with van der Waals surface area (Å²) in [4.78, 5) is 23.0. The Morgan fingerprint density at radius 3 is 2.65 bits per heavy atom. The summed E-state index contributed by atoms with van der Waals surface area (Å²) in [5.74, 6) is -1.15. The highest BCUT2D eigenvalue weighted by Crippen LogP contribution is 2.28. The van der Waals surface area contributed by atoms with E-state index in [4.69, 9.17) is 0 Å². The molecule has 0 radical (unpaired) electrons. The molecule has 4 nitrogen and oxygen atoms in total. The van der Waals surface area contributed by atoms with Crippen LogP contribution in [0.3, 0.4) is 0 Å². The lowest BCUT2D eigenvalue weighted by molar-refractivity contribution is -0.123. The van der Waals surface area contributed by atoms with Crippen LogP contribution in [0.15, 0.2) is 18.2 Å². The smallest absolute Gasteiger partial charge is 0.270 e. The third-order valence-electron chi connectivity index (χ3n) is 2.69. The number of benzene rings is 1. The Bertz CT molecular complexity index is 470. The van der Waals surface area contributed by atoms with E-state index in [1.165, 1.54) is 12.1 Å². The molecule has 0 aromatic heterocycles. The van der Waals surface area contributed by atoms with Gasteiger partial charge in [0.2, 0.25) is 5.91 Å². The summed E-state index contributed by atoms with van der Waals surface area (Å²) in [7, 11) is 0. The molecule has 1 aliphatic carbocycles. The van der Waals surface area contributed by atoms with Crippen LogP contribution in [0.1, 0.15) is 28.8 Å². The molecule has 0 spiro atoms. The van der Waals surface area contributed by atoms with Crippen LogP contribution < -0.4 is 10.9 Å². The third kappa shape index (κ3) is 2.81. The Labute approximate surface area is 98.2 Å². The Hall–Kier alpha value is -1.91. The number of halogens is 1. The van der Waals surface area contributed by atoms with Crippen molar-refractivity contribution < 1.29 is 14.0 Å². The van der Waals surface area contributed by atoms with Crippen molar-refractivity contribution in [2.45, 2.75) is 19.8 Å². The number of nitrogens with one attached hydrogen (secondary N) is 2. The van der Waals surface area contributed by atoms with Crippen LogP contribution in [-0.2, 0) is 4.79 Å². The SMILES string of the molecule is Cc1ccc(F)cc1C(=O)NNC(=O)C1CC1. The number of aryl methyl sites for hydroxylation is 1. The molecule has 0 bridgehead atoms. The van der Waals surface area contributed by atoms with Gasteiger partial charge in [0, 0.05) is 11.5 Å². The molecule has 17 heavy (non-hydrogen) atoms. The van der Waals surface area contributed by atoms with E-state index in [2.05, 4.69) is 10.9 Å². The Balaban J connectivity index is 1.98. The van der Waals surface area contributed by atoms with Gasteiger partial charge in [-0.3, -0.25) is 20.4 Å². The zero-order chi connectivity index (χ0) is 12.4. The van der Waals surface area contributed by atoms with Gasteiger partial charge in [-0.15, -0.1) is 0 Å². The van der Waals surface area contributed by atoms with Gasteiger partial charge in [-0.05, 0) is 37.5 Å². The van der Waals surface area contributed by atoms with E-state index in [-0.39, 0.29) is 17.4 Å². The second-order valence-corrected chi connectivity index (χ2v) is 4.18. The first-order valence-corrected chi connectivity index (χ1v) is 5.44. The van der Waals surface area contributed by atoms with E-state index >= 15 is 0 Å². The number of carbonyl (C=O) groups is 2. The van der Waals surface area contributed by atoms with Gasteiger partial charge in [0.1, 0.15) is 5.82 Å². The Morgan fingerprint density at radius 2 is 2.00 bits per heavy atom. The first kappa shape index (κ1) is 11.6. The normalized spacial score (nSPS) is 14.2. The fraction of sp³-hybridized carbons (Fsp3) is 0.333. The molecule has 2 amide bonds. The maximum absolute atomic E-state index is 13.0. The molecule has 1 fully saturated rings. The van der Waals surface area contributed by atoms with Crippen molar-refractivity contribution in [2.24, 2.45) is 5.92 Å². The van der Waals surface area contributed by atoms with Gasteiger partial charge in [-0.25, -0.2) is 4.39 Å². The standard InChI is InChI=1S/C12H13FN2O2/c1-7-2-5-9(13)6-10(7)12(17)15-14-11(16)8-3-4-8/h2,5-6,8H,3-4H2,1H3,(H,14,16)(H,15,17). The van der Waals surface area contributed by atoms with E-state index in [0.29, 0.717) is 5.56 Å². The Kier molecular flexibility index (Phi) is 3.08. The number of hydrogen-bond acceptors (Lipinski definition) is 2. The molecule has 0 unspecified atom stereocenters. The quantitative estimate of drug-likeness (QED) is 0.760. The van der Waals surface area contributed by atoms with Gasteiger partial charge in [-0.2, -0.15) is 0 Å². The molecule has 1 aromatic carbocycles. The fourth-order valence-corrected chi connectivity index (χ4v) is 1.47. The topological polar surface area (TPSA) is 58.2 Å². The number of hydrazine groups is 1. The summed E-state index contributed by atoms with van der Waals surface area (Å²) in [6, 6.07) is 3.95. The lowest BCUT2D eigenvalue weighted by Gasteiger charge is -2.08. The lowest BCUT2D eigenvalue weighted by Crippen LogP contribution is -2.42. The van der Waals surface area contributed by atoms with E-state index in [1.54, 1.807) is 6.92 Å². The molecular formula is C12H13FN2O2. The van der Waals surface area contributed by atoms with Crippen molar-refractivity contribution in [1.82, 2.24) is 10.9 Å². The molecule has 90 valence electrons. The largest absolute Gasteiger partial charge is 0.273 e. The predicted octanol–water partition coefficient (Wildman–Crippen LogP) is 1.31. The van der Waals surface area contributed by atoms with Crippen LogP contribution in [0, 0.1) is 18.7 Å². The number of hydrogen-bond donors (Lipinski definition) is 2. The number of amides is 2. The molecule has 5 heteroatoms. The van der Waals surface area contributed by atoms with Crippen LogP contribution in [0.5, 0.6) is 0 Å². The van der Waals surface area contributed by atoms with Crippen molar-refractivity contribution in [3.63, 3.8) is 0 Å². The average molecular weight is 236 g/mol. The van der Waals surface area contributed by atoms with E-state index in [9.17, 15) is 14.0 Å². The molecule has 1 aliphatic rings. The second kappa shape index (κ2) is 4.53. The lowest BCUT2D eigenvalue weighted by atomic mass is 10.1. The van der Waals surface area contributed by atoms with Crippen LogP contribution in [0.2, 0.25) is 0 Å². The fourth-order valence-electron chi connectivity index (χ4n) is 1.47. The summed E-state index contributed by atoms with van der Waals surface area (Å²) in [6.07, 6.45) is 1.72. The van der Waals surface area contributed by atoms with Crippen LogP contribution in [0.25, 0.3) is 0 Å². The molecule has 0 aliphatic heterocycles. The molecular weight excluding hydrogens is 223 g/mol. The molecule has 1 aromatic rings. The third-order valence-corrected chi connectivity index (χ3v) is 2.69. The minimum absolute atomic E-state index is 0.0175. The highest BCUT2D eigenvalue weighted by molar-refractivity contribution is 5.96. The number of carbonyl (C=O) groups excluding carboxylic acids is 2. The first-order valence-electron chi connectivity index (χ1n) is 5.44. The van der Waals surface area contributed by atoms with Crippen molar-refractivity contribution in [3.05, 3.63) is 35.1 Å². The highest BCUT2D eigenvalue weighted by Gasteiger charge is 2.29. The molecule has 1 saturated carbocycles. The molecule has 2 rings (SSSR count). The van der Waals surface area contributed by atoms with Crippen molar-refractivity contribution in [3.8, 4) is 0 Å². The summed E-state index contributed by atoms with van der Waals surface area (Å²) in [5.41, 5.74) is 5.49. The number of rotatable bonds is 2. The van der Waals surface area contributed by atoms with Crippen molar-refractivity contribution in [2.75, 3.05) is 0 Å². The summed E-state index contributed by atoms with van der Waals surface area (Å²) in [5, 5.41) is 0. The maximum atomic E-state index is 13.0. The van der Waals surface area contributed by atoms with E-state index in [0.717, 1.165) is 18.9 Å². The molecule has 0 saturated heterocycles. The van der Waals surface area contributed by atoms with E-state index in [1.807, 2.05) is 0 Å². The van der Waals surface area contributed by atoms with Gasteiger partial charge >= 0.3 is 0 Å². The molecule has 0 heterocycles. The summed E-state index contributed by atoms with van der Waals surface area (Å²) >= 11 is 0. The minimum atomic E-state index is -0.504. The van der Waals surface area contributed by atoms with Gasteiger partial charge in [0.25, 0.3) is 5.91 Å². The summed E-state index contributed by atoms with van der Waals surface area (Å²) < 4.78 is 13.0. The van der Waals surface area contributed by atoms with Crippen LogP contribution >= 0.6 is 0 Å². The van der Waals surface area contributed by atoms with Crippen molar-refractivity contribution in [1.29, 1.82) is 0 Å². The van der Waals surface area contributed by atoms with Crippen molar-refractivity contribution >= 4 is 11.8 Å².